The van der Waals surface area contributed by atoms with Gasteiger partial charge in [-0.25, -0.2) is 4.79 Å². The van der Waals surface area contributed by atoms with Crippen LogP contribution in [0, 0.1) is 6.92 Å². The summed E-state index contributed by atoms with van der Waals surface area (Å²) in [7, 11) is 1.81. The van der Waals surface area contributed by atoms with Crippen molar-refractivity contribution in [3.05, 3.63) is 51.6 Å². The minimum Gasteiger partial charge on any atom is -0.481 e. The van der Waals surface area contributed by atoms with Gasteiger partial charge in [-0.1, -0.05) is 35.5 Å². The van der Waals surface area contributed by atoms with E-state index < -0.39 is 12.1 Å². The number of halogens is 1. The Kier molecular flexibility index (Phi) is 8.16. The summed E-state index contributed by atoms with van der Waals surface area (Å²) in [5.74, 6) is 0.552. The number of ether oxygens (including phenoxy) is 2. The van der Waals surface area contributed by atoms with Crippen LogP contribution >= 0.6 is 34.7 Å². The molecule has 0 aliphatic carbocycles. The standard InChI is InChI=1S/C21H23ClN4O4S2/c1-5-29-20(28)14-10-12(2)32-19(14)23-17(27)11-31-21-25-24-18(26(21)4)13(3)30-16-9-7-6-8-15(16)22/h6-10,13H,5,11H2,1-4H3,(H,23,27). The van der Waals surface area contributed by atoms with Crippen molar-refractivity contribution < 1.29 is 19.1 Å². The molecule has 11 heteroatoms. The molecule has 0 aliphatic heterocycles. The SMILES string of the molecule is CCOC(=O)c1cc(C)sc1NC(=O)CSc1nnc(C(C)Oc2ccccc2Cl)n1C. The van der Waals surface area contributed by atoms with E-state index in [0.29, 0.717) is 32.3 Å². The van der Waals surface area contributed by atoms with Gasteiger partial charge in [-0.05, 0) is 39.0 Å². The van der Waals surface area contributed by atoms with Gasteiger partial charge in [-0.3, -0.25) is 4.79 Å². The van der Waals surface area contributed by atoms with Gasteiger partial charge in [0.2, 0.25) is 5.91 Å². The summed E-state index contributed by atoms with van der Waals surface area (Å²) in [4.78, 5) is 25.5. The number of para-hydroxylation sites is 1. The lowest BCUT2D eigenvalue weighted by molar-refractivity contribution is -0.113. The largest absolute Gasteiger partial charge is 0.481 e. The number of nitrogens with one attached hydrogen (secondary N) is 1. The van der Waals surface area contributed by atoms with Crippen LogP contribution in [-0.4, -0.2) is 39.0 Å². The molecule has 1 unspecified atom stereocenters. The van der Waals surface area contributed by atoms with E-state index in [9.17, 15) is 9.59 Å². The summed E-state index contributed by atoms with van der Waals surface area (Å²) in [5, 5.41) is 12.7. The first-order chi connectivity index (χ1) is 15.3. The highest BCUT2D eigenvalue weighted by molar-refractivity contribution is 7.99. The summed E-state index contributed by atoms with van der Waals surface area (Å²) < 4.78 is 12.7. The maximum Gasteiger partial charge on any atom is 0.341 e. The van der Waals surface area contributed by atoms with E-state index in [1.807, 2.05) is 33.0 Å². The Bertz CT molecular complexity index is 1120. The number of aryl methyl sites for hydroxylation is 1. The molecule has 3 aromatic rings. The molecule has 0 aliphatic rings. The smallest absolute Gasteiger partial charge is 0.341 e. The molecule has 8 nitrogen and oxygen atoms in total. The van der Waals surface area contributed by atoms with Gasteiger partial charge < -0.3 is 19.4 Å². The molecule has 170 valence electrons. The van der Waals surface area contributed by atoms with Crippen LogP contribution in [0.4, 0.5) is 5.00 Å². The minimum absolute atomic E-state index is 0.102. The van der Waals surface area contributed by atoms with Crippen molar-refractivity contribution in [3.8, 4) is 5.75 Å². The second kappa shape index (κ2) is 10.8. The number of rotatable bonds is 9. The summed E-state index contributed by atoms with van der Waals surface area (Å²) in [6.45, 7) is 5.72. The van der Waals surface area contributed by atoms with Crippen molar-refractivity contribution in [2.24, 2.45) is 7.05 Å². The van der Waals surface area contributed by atoms with Gasteiger partial charge in [-0.15, -0.1) is 21.5 Å². The van der Waals surface area contributed by atoms with Gasteiger partial charge in [-0.2, -0.15) is 0 Å². The first-order valence-electron chi connectivity index (χ1n) is 9.80. The zero-order valence-corrected chi connectivity index (χ0v) is 20.4. The molecule has 0 radical (unpaired) electrons. The Hall–Kier alpha value is -2.56. The predicted octanol–water partition coefficient (Wildman–Crippen LogP) is 4.89. The molecule has 3 rings (SSSR count). The number of carbonyl (C=O) groups is 2. The molecule has 1 atom stereocenters. The topological polar surface area (TPSA) is 95.3 Å². The molecule has 2 heterocycles. The van der Waals surface area contributed by atoms with E-state index >= 15 is 0 Å². The van der Waals surface area contributed by atoms with Crippen LogP contribution in [0.5, 0.6) is 5.75 Å². The summed E-state index contributed by atoms with van der Waals surface area (Å²) >= 11 is 8.72. The Balaban J connectivity index is 1.61. The average Bonchev–Trinajstić information content (AvgIpc) is 3.30. The number of thiophene rings is 1. The fraction of sp³-hybridized carbons (Fsp3) is 0.333. The van der Waals surface area contributed by atoms with Crippen molar-refractivity contribution >= 4 is 51.6 Å². The van der Waals surface area contributed by atoms with Gasteiger partial charge in [0.1, 0.15) is 10.8 Å². The fourth-order valence-corrected chi connectivity index (χ4v) is 4.66. The Morgan fingerprint density at radius 3 is 2.78 bits per heavy atom. The second-order valence-corrected chi connectivity index (χ2v) is 9.35. The zero-order chi connectivity index (χ0) is 23.3. The molecular formula is C21H23ClN4O4S2. The average molecular weight is 495 g/mol. The molecule has 32 heavy (non-hydrogen) atoms. The number of nitrogens with zero attached hydrogens (tertiary/aromatic N) is 3. The molecule has 0 bridgehead atoms. The van der Waals surface area contributed by atoms with Gasteiger partial charge in [0.25, 0.3) is 0 Å². The molecule has 0 spiro atoms. The molecule has 0 fully saturated rings. The Morgan fingerprint density at radius 2 is 2.06 bits per heavy atom. The maximum absolute atomic E-state index is 12.5. The van der Waals surface area contributed by atoms with Gasteiger partial charge in [0.15, 0.2) is 17.1 Å². The van der Waals surface area contributed by atoms with Gasteiger partial charge in [0.05, 0.1) is 22.9 Å². The lowest BCUT2D eigenvalue weighted by atomic mass is 10.3. The summed E-state index contributed by atoms with van der Waals surface area (Å²) in [6.07, 6.45) is -0.392. The number of carbonyl (C=O) groups excluding carboxylic acids is 2. The predicted molar refractivity (Wildman–Crippen MR) is 126 cm³/mol. The maximum atomic E-state index is 12.5. The highest BCUT2D eigenvalue weighted by atomic mass is 35.5. The number of hydrogen-bond acceptors (Lipinski definition) is 8. The van der Waals surface area contributed by atoms with Crippen LogP contribution in [-0.2, 0) is 16.6 Å². The molecule has 2 aromatic heterocycles. The third-order valence-corrected chi connectivity index (χ3v) is 6.61. The van der Waals surface area contributed by atoms with Crippen molar-refractivity contribution in [3.63, 3.8) is 0 Å². The number of anilines is 1. The van der Waals surface area contributed by atoms with Crippen molar-refractivity contribution in [1.82, 2.24) is 14.8 Å². The third kappa shape index (κ3) is 5.81. The van der Waals surface area contributed by atoms with E-state index in [-0.39, 0.29) is 18.3 Å². The quantitative estimate of drug-likeness (QED) is 0.334. The molecule has 0 saturated heterocycles. The van der Waals surface area contributed by atoms with E-state index in [1.165, 1.54) is 23.1 Å². The van der Waals surface area contributed by atoms with Crippen LogP contribution < -0.4 is 10.1 Å². The highest BCUT2D eigenvalue weighted by Gasteiger charge is 2.21. The van der Waals surface area contributed by atoms with E-state index in [4.69, 9.17) is 21.1 Å². The van der Waals surface area contributed by atoms with Gasteiger partial charge >= 0.3 is 5.97 Å². The van der Waals surface area contributed by atoms with Gasteiger partial charge in [0, 0.05) is 11.9 Å². The lowest BCUT2D eigenvalue weighted by Gasteiger charge is -2.15. The van der Waals surface area contributed by atoms with E-state index in [0.717, 1.165) is 4.88 Å². The number of hydrogen-bond donors (Lipinski definition) is 1. The third-order valence-electron chi connectivity index (χ3n) is 4.31. The van der Waals surface area contributed by atoms with Crippen LogP contribution in [0.25, 0.3) is 0 Å². The van der Waals surface area contributed by atoms with Crippen molar-refractivity contribution in [2.75, 3.05) is 17.7 Å². The molecule has 1 N–H and O–H groups in total. The molecular weight excluding hydrogens is 472 g/mol. The summed E-state index contributed by atoms with van der Waals surface area (Å²) in [6, 6.07) is 8.91. The van der Waals surface area contributed by atoms with Crippen LogP contribution in [0.1, 0.15) is 41.0 Å². The minimum atomic E-state index is -0.453. The Morgan fingerprint density at radius 1 is 1.31 bits per heavy atom. The fourth-order valence-electron chi connectivity index (χ4n) is 2.85. The van der Waals surface area contributed by atoms with Crippen molar-refractivity contribution in [2.45, 2.75) is 32.0 Å². The summed E-state index contributed by atoms with van der Waals surface area (Å²) in [5.41, 5.74) is 0.360. The highest BCUT2D eigenvalue weighted by Crippen LogP contribution is 2.30. The zero-order valence-electron chi connectivity index (χ0n) is 18.0. The number of thioether (sulfide) groups is 1. The van der Waals surface area contributed by atoms with E-state index in [1.54, 1.807) is 29.7 Å². The second-order valence-electron chi connectivity index (χ2n) is 6.75. The van der Waals surface area contributed by atoms with Crippen molar-refractivity contribution in [1.29, 1.82) is 0 Å². The number of esters is 1. The Labute approximate surface area is 199 Å². The molecule has 1 amide bonds. The first-order valence-corrected chi connectivity index (χ1v) is 12.0. The van der Waals surface area contributed by atoms with Crippen LogP contribution in [0.15, 0.2) is 35.5 Å². The van der Waals surface area contributed by atoms with E-state index in [2.05, 4.69) is 15.5 Å². The number of benzene rings is 1. The van der Waals surface area contributed by atoms with Crippen LogP contribution in [0.2, 0.25) is 5.02 Å². The molecule has 1 aromatic carbocycles. The normalized spacial score (nSPS) is 11.8. The number of amides is 1. The number of aromatic nitrogens is 3. The lowest BCUT2D eigenvalue weighted by Crippen LogP contribution is -2.16. The first kappa shape index (κ1) is 24.1. The monoisotopic (exact) mass is 494 g/mol. The van der Waals surface area contributed by atoms with Crippen LogP contribution in [0.3, 0.4) is 0 Å². The molecule has 0 saturated carbocycles.